The minimum absolute atomic E-state index is 0.00163. The van der Waals surface area contributed by atoms with E-state index in [-0.39, 0.29) is 19.3 Å². The van der Waals surface area contributed by atoms with Gasteiger partial charge in [-0.05, 0) is 20.8 Å². The SMILES string of the molecule is CC(C)(C)OC(=O)n1cnc(C[C@H](N)C(=O)ON2C(=O)CCC2=O)c1. The number of imide groups is 1. The van der Waals surface area contributed by atoms with Crippen molar-refractivity contribution in [3.8, 4) is 0 Å². The van der Waals surface area contributed by atoms with Gasteiger partial charge in [0.15, 0.2) is 0 Å². The minimum Gasteiger partial charge on any atom is -0.443 e. The van der Waals surface area contributed by atoms with Gasteiger partial charge < -0.3 is 15.3 Å². The van der Waals surface area contributed by atoms with Gasteiger partial charge in [-0.1, -0.05) is 0 Å². The summed E-state index contributed by atoms with van der Waals surface area (Å²) in [6.45, 7) is 5.20. The maximum atomic E-state index is 11.9. The zero-order valence-corrected chi connectivity index (χ0v) is 14.2. The zero-order chi connectivity index (χ0) is 18.8. The van der Waals surface area contributed by atoms with Crippen LogP contribution in [-0.2, 0) is 30.4 Å². The third-order valence-electron chi connectivity index (χ3n) is 3.16. The Bertz CT molecular complexity index is 689. The number of aromatic nitrogens is 2. The molecule has 0 saturated carbocycles. The van der Waals surface area contributed by atoms with Gasteiger partial charge in [0.2, 0.25) is 0 Å². The first-order chi connectivity index (χ1) is 11.6. The standard InChI is InChI=1S/C15H20N4O6/c1-15(2,3)24-14(23)18-7-9(17-8-18)6-10(16)13(22)25-19-11(20)4-5-12(19)21/h7-8,10H,4-6,16H2,1-3H3/t10-/m0/s1. The molecule has 2 rings (SSSR count). The van der Waals surface area contributed by atoms with Gasteiger partial charge >= 0.3 is 12.1 Å². The highest BCUT2D eigenvalue weighted by atomic mass is 16.7. The first-order valence-electron chi connectivity index (χ1n) is 7.66. The van der Waals surface area contributed by atoms with Crippen LogP contribution in [0.5, 0.6) is 0 Å². The molecule has 0 spiro atoms. The van der Waals surface area contributed by atoms with E-state index >= 15 is 0 Å². The van der Waals surface area contributed by atoms with Gasteiger partial charge in [-0.15, -0.1) is 5.06 Å². The maximum Gasteiger partial charge on any atom is 0.419 e. The summed E-state index contributed by atoms with van der Waals surface area (Å²) in [6.07, 6.45) is 1.98. The fourth-order valence-electron chi connectivity index (χ4n) is 2.01. The van der Waals surface area contributed by atoms with Crippen LogP contribution in [0.15, 0.2) is 12.5 Å². The molecule has 1 aromatic rings. The van der Waals surface area contributed by atoms with E-state index in [1.54, 1.807) is 20.8 Å². The Morgan fingerprint density at radius 1 is 1.28 bits per heavy atom. The quantitative estimate of drug-likeness (QED) is 0.757. The number of hydrogen-bond acceptors (Lipinski definition) is 8. The lowest BCUT2D eigenvalue weighted by Gasteiger charge is -2.19. The van der Waals surface area contributed by atoms with E-state index in [0.29, 0.717) is 10.8 Å². The minimum atomic E-state index is -1.15. The Morgan fingerprint density at radius 3 is 2.44 bits per heavy atom. The summed E-state index contributed by atoms with van der Waals surface area (Å²) in [7, 11) is 0. The van der Waals surface area contributed by atoms with Crippen molar-refractivity contribution in [2.24, 2.45) is 5.73 Å². The third kappa shape index (κ3) is 4.86. The van der Waals surface area contributed by atoms with Crippen LogP contribution in [0.2, 0.25) is 0 Å². The van der Waals surface area contributed by atoms with Gasteiger partial charge in [0.1, 0.15) is 18.0 Å². The zero-order valence-electron chi connectivity index (χ0n) is 14.2. The van der Waals surface area contributed by atoms with Crippen molar-refractivity contribution in [1.82, 2.24) is 14.6 Å². The molecule has 10 heteroatoms. The molecule has 0 radical (unpaired) electrons. The molecule has 0 unspecified atom stereocenters. The van der Waals surface area contributed by atoms with Gasteiger partial charge in [-0.25, -0.2) is 19.1 Å². The molecule has 0 aromatic carbocycles. The fourth-order valence-corrected chi connectivity index (χ4v) is 2.01. The number of hydrogen-bond donors (Lipinski definition) is 1. The van der Waals surface area contributed by atoms with Crippen molar-refractivity contribution in [3.05, 3.63) is 18.2 Å². The number of amides is 2. The van der Waals surface area contributed by atoms with Crippen LogP contribution in [0.25, 0.3) is 0 Å². The average Bonchev–Trinajstić information content (AvgIpc) is 3.07. The number of carbonyl (C=O) groups is 4. The Kier molecular flexibility index (Phi) is 5.21. The average molecular weight is 352 g/mol. The van der Waals surface area contributed by atoms with Crippen LogP contribution in [0.4, 0.5) is 4.79 Å². The van der Waals surface area contributed by atoms with Crippen molar-refractivity contribution < 1.29 is 28.8 Å². The van der Waals surface area contributed by atoms with Crippen LogP contribution < -0.4 is 5.73 Å². The topological polar surface area (TPSA) is 134 Å². The molecule has 1 atom stereocenters. The molecule has 1 saturated heterocycles. The van der Waals surface area contributed by atoms with Crippen molar-refractivity contribution in [1.29, 1.82) is 0 Å². The summed E-state index contributed by atoms with van der Waals surface area (Å²) in [5, 5.41) is 0.432. The normalized spacial score (nSPS) is 16.1. The summed E-state index contributed by atoms with van der Waals surface area (Å²) in [5.74, 6) is -2.10. The van der Waals surface area contributed by atoms with Gasteiger partial charge in [0.05, 0.1) is 5.69 Å². The van der Waals surface area contributed by atoms with Crippen molar-refractivity contribution >= 4 is 23.9 Å². The first kappa shape index (κ1) is 18.6. The van der Waals surface area contributed by atoms with Crippen molar-refractivity contribution in [2.75, 3.05) is 0 Å². The third-order valence-corrected chi connectivity index (χ3v) is 3.16. The monoisotopic (exact) mass is 352 g/mol. The first-order valence-corrected chi connectivity index (χ1v) is 7.66. The molecule has 0 aliphatic carbocycles. The molecule has 2 heterocycles. The molecule has 1 aromatic heterocycles. The Hall–Kier alpha value is -2.75. The molecule has 0 bridgehead atoms. The highest BCUT2D eigenvalue weighted by molar-refractivity contribution is 6.01. The summed E-state index contributed by atoms with van der Waals surface area (Å²) >= 11 is 0. The number of nitrogens with zero attached hydrogens (tertiary/aromatic N) is 3. The molecule has 1 aliphatic rings. The number of imidazole rings is 1. The van der Waals surface area contributed by atoms with Crippen molar-refractivity contribution in [3.63, 3.8) is 0 Å². The molecule has 1 fully saturated rings. The van der Waals surface area contributed by atoms with Crippen LogP contribution in [0.1, 0.15) is 39.3 Å². The molecular weight excluding hydrogens is 332 g/mol. The smallest absolute Gasteiger partial charge is 0.419 e. The van der Waals surface area contributed by atoms with Crippen LogP contribution in [-0.4, -0.2) is 50.1 Å². The van der Waals surface area contributed by atoms with E-state index in [4.69, 9.17) is 15.3 Å². The van der Waals surface area contributed by atoms with E-state index in [1.807, 2.05) is 0 Å². The van der Waals surface area contributed by atoms with Crippen molar-refractivity contribution in [2.45, 2.75) is 51.7 Å². The lowest BCUT2D eigenvalue weighted by atomic mass is 10.2. The lowest BCUT2D eigenvalue weighted by molar-refractivity contribution is -0.198. The molecule has 2 N–H and O–H groups in total. The molecule has 1 aliphatic heterocycles. The number of nitrogens with two attached hydrogens (primary N) is 1. The molecular formula is C15H20N4O6. The van der Waals surface area contributed by atoms with Crippen LogP contribution >= 0.6 is 0 Å². The second-order valence-electron chi connectivity index (χ2n) is 6.56. The Labute approximate surface area is 143 Å². The number of ether oxygens (including phenoxy) is 1. The van der Waals surface area contributed by atoms with E-state index in [1.165, 1.54) is 12.5 Å². The van der Waals surface area contributed by atoms with E-state index < -0.39 is 35.5 Å². The number of rotatable bonds is 4. The summed E-state index contributed by atoms with van der Waals surface area (Å²) in [4.78, 5) is 55.3. The van der Waals surface area contributed by atoms with E-state index in [2.05, 4.69) is 4.98 Å². The second kappa shape index (κ2) is 7.01. The van der Waals surface area contributed by atoms with Gasteiger partial charge in [-0.3, -0.25) is 9.59 Å². The van der Waals surface area contributed by atoms with Gasteiger partial charge in [-0.2, -0.15) is 0 Å². The number of hydroxylamine groups is 2. The molecule has 2 amide bonds. The molecule has 25 heavy (non-hydrogen) atoms. The second-order valence-corrected chi connectivity index (χ2v) is 6.56. The Balaban J connectivity index is 1.93. The Morgan fingerprint density at radius 2 is 1.88 bits per heavy atom. The fraction of sp³-hybridized carbons (Fsp3) is 0.533. The molecule has 136 valence electrons. The maximum absolute atomic E-state index is 11.9. The van der Waals surface area contributed by atoms with E-state index in [9.17, 15) is 19.2 Å². The lowest BCUT2D eigenvalue weighted by Crippen LogP contribution is -2.41. The summed E-state index contributed by atoms with van der Waals surface area (Å²) in [5.41, 5.74) is 5.42. The largest absolute Gasteiger partial charge is 0.443 e. The van der Waals surface area contributed by atoms with Crippen LogP contribution in [0.3, 0.4) is 0 Å². The summed E-state index contributed by atoms with van der Waals surface area (Å²) in [6, 6.07) is -1.15. The highest BCUT2D eigenvalue weighted by Crippen LogP contribution is 2.13. The van der Waals surface area contributed by atoms with Gasteiger partial charge in [0.25, 0.3) is 11.8 Å². The highest BCUT2D eigenvalue weighted by Gasteiger charge is 2.34. The van der Waals surface area contributed by atoms with Crippen LogP contribution in [0, 0.1) is 0 Å². The summed E-state index contributed by atoms with van der Waals surface area (Å²) < 4.78 is 6.31. The predicted octanol–water partition coefficient (Wildman–Crippen LogP) is 0.143. The molecule has 10 nitrogen and oxygen atoms in total. The van der Waals surface area contributed by atoms with E-state index in [0.717, 1.165) is 4.57 Å². The number of carbonyl (C=O) groups excluding carboxylic acids is 4. The van der Waals surface area contributed by atoms with Gasteiger partial charge in [0, 0.05) is 25.5 Å². The predicted molar refractivity (Wildman–Crippen MR) is 82.7 cm³/mol.